The Morgan fingerprint density at radius 1 is 1.09 bits per heavy atom. The van der Waals surface area contributed by atoms with Crippen LogP contribution in [0.1, 0.15) is 52.0 Å². The van der Waals surface area contributed by atoms with Gasteiger partial charge in [-0.15, -0.1) is 0 Å². The van der Waals surface area contributed by atoms with Crippen LogP contribution < -0.4 is 10.6 Å². The van der Waals surface area contributed by atoms with E-state index in [1.54, 1.807) is 20.8 Å². The molecule has 0 radical (unpaired) electrons. The normalized spacial score (nSPS) is 16.6. The number of rotatable bonds is 8. The van der Waals surface area contributed by atoms with E-state index < -0.39 is 23.8 Å². The third-order valence-electron chi connectivity index (χ3n) is 5.92. The molecule has 4 rings (SSSR count). The van der Waals surface area contributed by atoms with Gasteiger partial charge >= 0.3 is 12.2 Å². The van der Waals surface area contributed by atoms with E-state index in [4.69, 9.17) is 9.47 Å². The predicted molar refractivity (Wildman–Crippen MR) is 125 cm³/mol. The minimum Gasteiger partial charge on any atom is -0.445 e. The van der Waals surface area contributed by atoms with Crippen LogP contribution in [0.25, 0.3) is 0 Å². The Balaban J connectivity index is 1.42. The molecule has 0 unspecified atom stereocenters. The standard InChI is InChI=1S/C25H32N4O5/c1-25(2,3)34-24(32)29-14-19(13-26-29)27-22(30)21(20(17-9-10-17)18-11-12-18)28-23(31)33-15-16-7-5-4-6-8-16/h4-8,13-14,17-18,20-21H,9-12,15H2,1-3H3,(H,27,30)(H,28,31)/t21-/m0/s1. The number of ether oxygens (including phenoxy) is 2. The summed E-state index contributed by atoms with van der Waals surface area (Å²) in [5.41, 5.74) is 0.559. The van der Waals surface area contributed by atoms with Gasteiger partial charge in [0.05, 0.1) is 18.1 Å². The highest BCUT2D eigenvalue weighted by Gasteiger charge is 2.48. The number of amides is 2. The molecule has 0 bridgehead atoms. The number of aromatic nitrogens is 2. The molecule has 0 spiro atoms. The molecule has 0 saturated heterocycles. The van der Waals surface area contributed by atoms with E-state index in [-0.39, 0.29) is 18.4 Å². The summed E-state index contributed by atoms with van der Waals surface area (Å²) in [4.78, 5) is 38.1. The number of nitrogens with one attached hydrogen (secondary N) is 2. The van der Waals surface area contributed by atoms with Crippen LogP contribution in [-0.2, 0) is 20.9 Å². The Morgan fingerprint density at radius 3 is 2.32 bits per heavy atom. The number of nitrogens with zero attached hydrogens (tertiary/aromatic N) is 2. The molecule has 2 amide bonds. The maximum atomic E-state index is 13.3. The molecular formula is C25H32N4O5. The zero-order valence-electron chi connectivity index (χ0n) is 19.8. The fraction of sp³-hybridized carbons (Fsp3) is 0.520. The van der Waals surface area contributed by atoms with Gasteiger partial charge in [0, 0.05) is 0 Å². The second-order valence-electron chi connectivity index (χ2n) is 10.1. The second kappa shape index (κ2) is 9.87. The minimum atomic E-state index is -0.729. The number of hydrogen-bond donors (Lipinski definition) is 2. The zero-order valence-corrected chi connectivity index (χ0v) is 19.8. The van der Waals surface area contributed by atoms with Crippen LogP contribution in [-0.4, -0.2) is 39.5 Å². The molecule has 1 heterocycles. The molecule has 2 aromatic rings. The maximum Gasteiger partial charge on any atom is 0.435 e. The molecule has 182 valence electrons. The quantitative estimate of drug-likeness (QED) is 0.596. The minimum absolute atomic E-state index is 0.0603. The van der Waals surface area contributed by atoms with Gasteiger partial charge < -0.3 is 20.1 Å². The van der Waals surface area contributed by atoms with E-state index in [1.807, 2.05) is 30.3 Å². The fourth-order valence-electron chi connectivity index (χ4n) is 4.14. The molecule has 2 fully saturated rings. The SMILES string of the molecule is CC(C)(C)OC(=O)n1cc(NC(=O)[C@@H](NC(=O)OCc2ccccc2)C(C2CC2)C2CC2)cn1. The molecule has 9 heteroatoms. The summed E-state index contributed by atoms with van der Waals surface area (Å²) >= 11 is 0. The first-order valence-electron chi connectivity index (χ1n) is 11.8. The van der Waals surface area contributed by atoms with Crippen molar-refractivity contribution in [1.29, 1.82) is 0 Å². The van der Waals surface area contributed by atoms with Crippen LogP contribution in [0, 0.1) is 17.8 Å². The summed E-state index contributed by atoms with van der Waals surface area (Å²) in [5, 5.41) is 9.62. The van der Waals surface area contributed by atoms with E-state index in [9.17, 15) is 14.4 Å². The molecule has 1 aromatic heterocycles. The van der Waals surface area contributed by atoms with Gasteiger partial charge in [-0.25, -0.2) is 9.59 Å². The van der Waals surface area contributed by atoms with Crippen molar-refractivity contribution in [2.75, 3.05) is 5.32 Å². The number of carbonyl (C=O) groups is 3. The van der Waals surface area contributed by atoms with Gasteiger partial charge in [0.1, 0.15) is 18.2 Å². The van der Waals surface area contributed by atoms with Gasteiger partial charge in [0.25, 0.3) is 0 Å². The molecule has 0 aliphatic heterocycles. The first-order chi connectivity index (χ1) is 16.2. The van der Waals surface area contributed by atoms with Gasteiger partial charge in [-0.05, 0) is 69.8 Å². The number of alkyl carbamates (subject to hydrolysis) is 1. The topological polar surface area (TPSA) is 112 Å². The smallest absolute Gasteiger partial charge is 0.435 e. The van der Waals surface area contributed by atoms with Crippen molar-refractivity contribution in [2.45, 2.75) is 64.7 Å². The van der Waals surface area contributed by atoms with Gasteiger partial charge in [0.2, 0.25) is 5.91 Å². The van der Waals surface area contributed by atoms with Crippen LogP contribution in [0.3, 0.4) is 0 Å². The lowest BCUT2D eigenvalue weighted by molar-refractivity contribution is -0.119. The van der Waals surface area contributed by atoms with Crippen LogP contribution in [0.2, 0.25) is 0 Å². The molecule has 2 aliphatic carbocycles. The lowest BCUT2D eigenvalue weighted by atomic mass is 9.89. The average Bonchev–Trinajstić information content (AvgIpc) is 3.72. The molecular weight excluding hydrogens is 436 g/mol. The molecule has 9 nitrogen and oxygen atoms in total. The molecule has 2 N–H and O–H groups in total. The largest absolute Gasteiger partial charge is 0.445 e. The summed E-state index contributed by atoms with van der Waals surface area (Å²) in [5.74, 6) is 0.554. The van der Waals surface area contributed by atoms with Crippen molar-refractivity contribution in [3.63, 3.8) is 0 Å². The Bertz CT molecular complexity index is 1010. The Morgan fingerprint density at radius 2 is 1.74 bits per heavy atom. The van der Waals surface area contributed by atoms with Crippen molar-refractivity contribution in [2.24, 2.45) is 17.8 Å². The lowest BCUT2D eigenvalue weighted by Gasteiger charge is -2.27. The van der Waals surface area contributed by atoms with Crippen LogP contribution in [0.5, 0.6) is 0 Å². The molecule has 34 heavy (non-hydrogen) atoms. The molecule has 2 saturated carbocycles. The average molecular weight is 469 g/mol. The van der Waals surface area contributed by atoms with E-state index in [1.165, 1.54) is 12.4 Å². The fourth-order valence-corrected chi connectivity index (χ4v) is 4.14. The van der Waals surface area contributed by atoms with E-state index in [0.717, 1.165) is 35.9 Å². The van der Waals surface area contributed by atoms with Crippen LogP contribution in [0.4, 0.5) is 15.3 Å². The van der Waals surface area contributed by atoms with Gasteiger partial charge in [-0.3, -0.25) is 4.79 Å². The summed E-state index contributed by atoms with van der Waals surface area (Å²) in [6, 6.07) is 8.66. The first-order valence-corrected chi connectivity index (χ1v) is 11.8. The molecule has 1 atom stereocenters. The summed E-state index contributed by atoms with van der Waals surface area (Å²) in [6.45, 7) is 5.42. The van der Waals surface area contributed by atoms with Crippen molar-refractivity contribution in [3.05, 3.63) is 48.3 Å². The first kappa shape index (κ1) is 23.8. The monoisotopic (exact) mass is 468 g/mol. The number of hydrogen-bond acceptors (Lipinski definition) is 6. The third kappa shape index (κ3) is 6.59. The van der Waals surface area contributed by atoms with Crippen molar-refractivity contribution >= 4 is 23.8 Å². The van der Waals surface area contributed by atoms with E-state index >= 15 is 0 Å². The van der Waals surface area contributed by atoms with Gasteiger partial charge in [-0.2, -0.15) is 9.78 Å². The second-order valence-corrected chi connectivity index (χ2v) is 10.1. The molecule has 2 aliphatic rings. The number of carbonyl (C=O) groups excluding carboxylic acids is 3. The summed E-state index contributed by atoms with van der Waals surface area (Å²) in [7, 11) is 0. The highest BCUT2D eigenvalue weighted by atomic mass is 16.6. The summed E-state index contributed by atoms with van der Waals surface area (Å²) < 4.78 is 11.7. The summed E-state index contributed by atoms with van der Waals surface area (Å²) in [6.07, 6.45) is 5.76. The zero-order chi connectivity index (χ0) is 24.3. The lowest BCUT2D eigenvalue weighted by Crippen LogP contribution is -2.50. The van der Waals surface area contributed by atoms with Crippen LogP contribution >= 0.6 is 0 Å². The molecule has 1 aromatic carbocycles. The van der Waals surface area contributed by atoms with Crippen molar-refractivity contribution in [1.82, 2.24) is 15.1 Å². The number of anilines is 1. The van der Waals surface area contributed by atoms with Gasteiger partial charge in [-0.1, -0.05) is 30.3 Å². The Hall–Kier alpha value is -3.36. The highest BCUT2D eigenvalue weighted by molar-refractivity contribution is 5.97. The van der Waals surface area contributed by atoms with Crippen molar-refractivity contribution < 1.29 is 23.9 Å². The van der Waals surface area contributed by atoms with Crippen LogP contribution in [0.15, 0.2) is 42.7 Å². The highest BCUT2D eigenvalue weighted by Crippen LogP contribution is 2.50. The maximum absolute atomic E-state index is 13.3. The number of benzene rings is 1. The van der Waals surface area contributed by atoms with Gasteiger partial charge in [0.15, 0.2) is 0 Å². The van der Waals surface area contributed by atoms with E-state index in [2.05, 4.69) is 15.7 Å². The Labute approximate surface area is 199 Å². The predicted octanol–water partition coefficient (Wildman–Crippen LogP) is 4.34. The van der Waals surface area contributed by atoms with E-state index in [0.29, 0.717) is 17.5 Å². The third-order valence-corrected chi connectivity index (χ3v) is 5.92. The Kier molecular flexibility index (Phi) is 6.90. The van der Waals surface area contributed by atoms with Crippen molar-refractivity contribution in [3.8, 4) is 0 Å².